The van der Waals surface area contributed by atoms with Gasteiger partial charge in [-0.1, -0.05) is 0 Å². The zero-order chi connectivity index (χ0) is 8.27. The molecule has 3 nitrogen and oxygen atoms in total. The number of rotatable bonds is 1. The third-order valence-electron chi connectivity index (χ3n) is 1.20. The molecule has 0 unspecified atom stereocenters. The predicted molar refractivity (Wildman–Crippen MR) is 45.7 cm³/mol. The SMILES string of the molecule is N#CCc1cc(N)c(Br)cn1. The highest BCUT2D eigenvalue weighted by molar-refractivity contribution is 9.10. The Bertz CT molecular complexity index is 303. The van der Waals surface area contributed by atoms with E-state index >= 15 is 0 Å². The van der Waals surface area contributed by atoms with Crippen LogP contribution in [0, 0.1) is 11.3 Å². The number of hydrogen-bond donors (Lipinski definition) is 1. The van der Waals surface area contributed by atoms with Gasteiger partial charge in [-0.15, -0.1) is 0 Å². The van der Waals surface area contributed by atoms with Crippen molar-refractivity contribution in [2.24, 2.45) is 0 Å². The zero-order valence-electron chi connectivity index (χ0n) is 5.71. The van der Waals surface area contributed by atoms with Gasteiger partial charge in [-0.2, -0.15) is 5.26 Å². The van der Waals surface area contributed by atoms with Gasteiger partial charge in [0.2, 0.25) is 0 Å². The topological polar surface area (TPSA) is 62.7 Å². The van der Waals surface area contributed by atoms with E-state index in [1.165, 1.54) is 0 Å². The summed E-state index contributed by atoms with van der Waals surface area (Å²) in [4.78, 5) is 3.98. The average Bonchev–Trinajstić information content (AvgIpc) is 1.98. The van der Waals surface area contributed by atoms with Crippen LogP contribution in [0.25, 0.3) is 0 Å². The van der Waals surface area contributed by atoms with Gasteiger partial charge in [0.1, 0.15) is 0 Å². The molecule has 0 saturated heterocycles. The molecule has 0 radical (unpaired) electrons. The summed E-state index contributed by atoms with van der Waals surface area (Å²) in [6, 6.07) is 3.69. The first-order valence-corrected chi connectivity index (χ1v) is 3.80. The highest BCUT2D eigenvalue weighted by atomic mass is 79.9. The first-order chi connectivity index (χ1) is 5.24. The molecule has 0 bridgehead atoms. The lowest BCUT2D eigenvalue weighted by atomic mass is 10.3. The Kier molecular flexibility index (Phi) is 2.44. The molecule has 0 aliphatic heterocycles. The molecule has 0 fully saturated rings. The van der Waals surface area contributed by atoms with E-state index < -0.39 is 0 Å². The molecule has 1 rings (SSSR count). The van der Waals surface area contributed by atoms with Gasteiger partial charge in [-0.25, -0.2) is 0 Å². The van der Waals surface area contributed by atoms with Crippen molar-refractivity contribution in [2.45, 2.75) is 6.42 Å². The van der Waals surface area contributed by atoms with Crippen LogP contribution in [-0.2, 0) is 6.42 Å². The standard InChI is InChI=1S/C7H6BrN3/c8-6-4-11-5(1-2-9)3-7(6)10/h3-4H,1H2,(H2,10,11). The summed E-state index contributed by atoms with van der Waals surface area (Å²) in [5.74, 6) is 0. The maximum absolute atomic E-state index is 8.34. The van der Waals surface area contributed by atoms with Crippen LogP contribution in [0.5, 0.6) is 0 Å². The molecule has 0 aliphatic rings. The van der Waals surface area contributed by atoms with Crippen molar-refractivity contribution in [3.63, 3.8) is 0 Å². The van der Waals surface area contributed by atoms with E-state index in [4.69, 9.17) is 11.0 Å². The van der Waals surface area contributed by atoms with Crippen LogP contribution in [-0.4, -0.2) is 4.98 Å². The number of hydrogen-bond acceptors (Lipinski definition) is 3. The average molecular weight is 212 g/mol. The Hall–Kier alpha value is -1.08. The molecule has 2 N–H and O–H groups in total. The normalized spacial score (nSPS) is 9.09. The Morgan fingerprint density at radius 3 is 3.00 bits per heavy atom. The molecular formula is C7H6BrN3. The molecule has 1 heterocycles. The second kappa shape index (κ2) is 3.35. The van der Waals surface area contributed by atoms with Crippen molar-refractivity contribution in [1.29, 1.82) is 5.26 Å². The van der Waals surface area contributed by atoms with Gasteiger partial charge in [0.15, 0.2) is 0 Å². The summed E-state index contributed by atoms with van der Waals surface area (Å²) in [5, 5.41) is 8.34. The molecule has 11 heavy (non-hydrogen) atoms. The number of halogens is 1. The maximum Gasteiger partial charge on any atom is 0.0775 e. The molecule has 0 spiro atoms. The second-order valence-corrected chi connectivity index (χ2v) is 2.89. The van der Waals surface area contributed by atoms with Crippen LogP contribution in [0.1, 0.15) is 5.69 Å². The fraction of sp³-hybridized carbons (Fsp3) is 0.143. The van der Waals surface area contributed by atoms with Crippen LogP contribution in [0.4, 0.5) is 5.69 Å². The van der Waals surface area contributed by atoms with Gasteiger partial charge in [-0.3, -0.25) is 4.98 Å². The first kappa shape index (κ1) is 8.02. The van der Waals surface area contributed by atoms with E-state index in [2.05, 4.69) is 20.9 Å². The van der Waals surface area contributed by atoms with Gasteiger partial charge in [-0.05, 0) is 22.0 Å². The van der Waals surface area contributed by atoms with Crippen molar-refractivity contribution in [1.82, 2.24) is 4.98 Å². The minimum Gasteiger partial charge on any atom is -0.398 e. The van der Waals surface area contributed by atoms with E-state index in [0.29, 0.717) is 17.8 Å². The number of pyridine rings is 1. The third-order valence-corrected chi connectivity index (χ3v) is 1.86. The van der Waals surface area contributed by atoms with Crippen LogP contribution in [0.15, 0.2) is 16.7 Å². The Labute approximate surface area is 73.0 Å². The second-order valence-electron chi connectivity index (χ2n) is 2.03. The Balaban J connectivity index is 2.98. The van der Waals surface area contributed by atoms with Gasteiger partial charge >= 0.3 is 0 Å². The molecule has 0 atom stereocenters. The maximum atomic E-state index is 8.34. The molecule has 1 aromatic rings. The Morgan fingerprint density at radius 1 is 1.73 bits per heavy atom. The summed E-state index contributed by atoms with van der Waals surface area (Å²) in [6.45, 7) is 0. The third kappa shape index (κ3) is 1.92. The van der Waals surface area contributed by atoms with Gasteiger partial charge < -0.3 is 5.73 Å². The quantitative estimate of drug-likeness (QED) is 0.766. The number of aromatic nitrogens is 1. The van der Waals surface area contributed by atoms with Gasteiger partial charge in [0.25, 0.3) is 0 Å². The van der Waals surface area contributed by atoms with E-state index in [1.54, 1.807) is 12.3 Å². The molecule has 56 valence electrons. The number of nitrogens with zero attached hydrogens (tertiary/aromatic N) is 2. The Morgan fingerprint density at radius 2 is 2.45 bits per heavy atom. The highest BCUT2D eigenvalue weighted by Crippen LogP contribution is 2.17. The number of nitrogen functional groups attached to an aromatic ring is 1. The van der Waals surface area contributed by atoms with Crippen LogP contribution in [0.3, 0.4) is 0 Å². The fourth-order valence-electron chi connectivity index (χ4n) is 0.678. The summed E-state index contributed by atoms with van der Waals surface area (Å²) in [5.41, 5.74) is 6.87. The summed E-state index contributed by atoms with van der Waals surface area (Å²) >= 11 is 3.21. The summed E-state index contributed by atoms with van der Waals surface area (Å²) in [6.07, 6.45) is 1.90. The van der Waals surface area contributed by atoms with Crippen LogP contribution < -0.4 is 5.73 Å². The molecule has 0 aromatic carbocycles. The lowest BCUT2D eigenvalue weighted by molar-refractivity contribution is 1.11. The van der Waals surface area contributed by atoms with Crippen molar-refractivity contribution in [2.75, 3.05) is 5.73 Å². The minimum atomic E-state index is 0.303. The lowest BCUT2D eigenvalue weighted by Crippen LogP contribution is -1.92. The van der Waals surface area contributed by atoms with Crippen molar-refractivity contribution in [3.05, 3.63) is 22.4 Å². The van der Waals surface area contributed by atoms with Crippen LogP contribution in [0.2, 0.25) is 0 Å². The summed E-state index contributed by atoms with van der Waals surface area (Å²) < 4.78 is 0.763. The van der Waals surface area contributed by atoms with Gasteiger partial charge in [0.05, 0.1) is 22.7 Å². The van der Waals surface area contributed by atoms with Crippen molar-refractivity contribution in [3.8, 4) is 6.07 Å². The predicted octanol–water partition coefficient (Wildman–Crippen LogP) is 1.49. The van der Waals surface area contributed by atoms with E-state index in [1.807, 2.05) is 6.07 Å². The van der Waals surface area contributed by atoms with E-state index in [0.717, 1.165) is 4.47 Å². The minimum absolute atomic E-state index is 0.303. The zero-order valence-corrected chi connectivity index (χ0v) is 7.30. The molecular weight excluding hydrogens is 206 g/mol. The molecule has 0 saturated carbocycles. The number of nitriles is 1. The largest absolute Gasteiger partial charge is 0.398 e. The van der Waals surface area contributed by atoms with Crippen molar-refractivity contribution < 1.29 is 0 Å². The van der Waals surface area contributed by atoms with Crippen molar-refractivity contribution >= 4 is 21.6 Å². The molecule has 0 aliphatic carbocycles. The van der Waals surface area contributed by atoms with E-state index in [9.17, 15) is 0 Å². The first-order valence-electron chi connectivity index (χ1n) is 3.01. The fourth-order valence-corrected chi connectivity index (χ4v) is 0.894. The monoisotopic (exact) mass is 211 g/mol. The van der Waals surface area contributed by atoms with Crippen LogP contribution >= 0.6 is 15.9 Å². The molecule has 4 heteroatoms. The molecule has 0 amide bonds. The van der Waals surface area contributed by atoms with Gasteiger partial charge in [0, 0.05) is 11.9 Å². The summed E-state index contributed by atoms with van der Waals surface area (Å²) in [7, 11) is 0. The number of nitrogens with two attached hydrogens (primary N) is 1. The molecule has 1 aromatic heterocycles. The highest BCUT2D eigenvalue weighted by Gasteiger charge is 1.97. The lowest BCUT2D eigenvalue weighted by Gasteiger charge is -1.97. The number of anilines is 1. The van der Waals surface area contributed by atoms with E-state index in [-0.39, 0.29) is 0 Å². The smallest absolute Gasteiger partial charge is 0.0775 e.